The number of aromatic amines is 1. The lowest BCUT2D eigenvalue weighted by atomic mass is 10.3. The van der Waals surface area contributed by atoms with Gasteiger partial charge in [-0.1, -0.05) is 0 Å². The summed E-state index contributed by atoms with van der Waals surface area (Å²) in [5.74, 6) is 1.22. The summed E-state index contributed by atoms with van der Waals surface area (Å²) in [5.41, 5.74) is 0.586. The monoisotopic (exact) mass is 254 g/mol. The molecule has 1 aromatic heterocycles. The van der Waals surface area contributed by atoms with Crippen molar-refractivity contribution in [3.05, 3.63) is 18.2 Å². The van der Waals surface area contributed by atoms with Crippen molar-refractivity contribution in [3.63, 3.8) is 0 Å². The lowest BCUT2D eigenvalue weighted by molar-refractivity contribution is 0.0639. The van der Waals surface area contributed by atoms with Gasteiger partial charge in [0, 0.05) is 38.5 Å². The van der Waals surface area contributed by atoms with Gasteiger partial charge >= 0.3 is 0 Å². The maximum absolute atomic E-state index is 12.0. The Balaban J connectivity index is 1.81. The van der Waals surface area contributed by atoms with Crippen molar-refractivity contribution in [2.24, 2.45) is 0 Å². The Morgan fingerprint density at radius 2 is 2.24 bits per heavy atom. The van der Waals surface area contributed by atoms with E-state index in [4.69, 9.17) is 0 Å². The zero-order valence-electron chi connectivity index (χ0n) is 10.1. The van der Waals surface area contributed by atoms with Gasteiger partial charge in [-0.3, -0.25) is 9.69 Å². The first-order valence-electron chi connectivity index (χ1n) is 5.80. The fourth-order valence-electron chi connectivity index (χ4n) is 1.94. The largest absolute Gasteiger partial charge is 0.341 e. The minimum atomic E-state index is 0.0621. The van der Waals surface area contributed by atoms with Crippen LogP contribution in [0.5, 0.6) is 0 Å². The van der Waals surface area contributed by atoms with Gasteiger partial charge in [-0.15, -0.1) is 0 Å². The van der Waals surface area contributed by atoms with Gasteiger partial charge in [0.1, 0.15) is 5.69 Å². The van der Waals surface area contributed by atoms with Gasteiger partial charge in [0.15, 0.2) is 0 Å². The number of nitrogens with one attached hydrogen (secondary N) is 1. The molecule has 2 rings (SSSR count). The van der Waals surface area contributed by atoms with E-state index in [-0.39, 0.29) is 5.91 Å². The summed E-state index contributed by atoms with van der Waals surface area (Å²) in [6, 6.07) is 0. The van der Waals surface area contributed by atoms with Crippen LogP contribution in [0.3, 0.4) is 0 Å². The van der Waals surface area contributed by atoms with Crippen LogP contribution in [0.1, 0.15) is 10.5 Å². The Morgan fingerprint density at radius 3 is 2.82 bits per heavy atom. The molecular weight excluding hydrogens is 236 g/mol. The molecule has 0 bridgehead atoms. The van der Waals surface area contributed by atoms with Crippen LogP contribution in [-0.4, -0.2) is 70.4 Å². The molecule has 1 amide bonds. The smallest absolute Gasteiger partial charge is 0.272 e. The minimum absolute atomic E-state index is 0.0621. The van der Waals surface area contributed by atoms with E-state index in [0.717, 1.165) is 38.5 Å². The quantitative estimate of drug-likeness (QED) is 0.851. The Hall–Kier alpha value is -1.01. The number of imidazole rings is 1. The predicted octanol–water partition coefficient (Wildman–Crippen LogP) is 0.530. The number of nitrogens with zero attached hydrogens (tertiary/aromatic N) is 3. The number of aromatic nitrogens is 2. The summed E-state index contributed by atoms with van der Waals surface area (Å²) in [6.45, 7) is 4.69. The summed E-state index contributed by atoms with van der Waals surface area (Å²) < 4.78 is 0. The Bertz CT molecular complexity index is 346. The SMILES string of the molecule is CSCCN1CCN(C(=O)c2cnc[nH]2)CC1. The molecular formula is C11H18N4OS. The second-order valence-electron chi connectivity index (χ2n) is 4.09. The molecule has 0 spiro atoms. The number of hydrogen-bond donors (Lipinski definition) is 1. The highest BCUT2D eigenvalue weighted by Crippen LogP contribution is 2.07. The van der Waals surface area contributed by atoms with Crippen molar-refractivity contribution in [2.45, 2.75) is 0 Å². The number of rotatable bonds is 4. The number of thioether (sulfide) groups is 1. The molecule has 1 aromatic rings. The zero-order valence-corrected chi connectivity index (χ0v) is 10.9. The number of piperazine rings is 1. The van der Waals surface area contributed by atoms with Crippen LogP contribution in [-0.2, 0) is 0 Å². The lowest BCUT2D eigenvalue weighted by Gasteiger charge is -2.34. The molecule has 0 atom stereocenters. The van der Waals surface area contributed by atoms with Gasteiger partial charge in [-0.25, -0.2) is 4.98 Å². The molecule has 0 aliphatic carbocycles. The second kappa shape index (κ2) is 6.07. The number of H-pyrrole nitrogens is 1. The standard InChI is InChI=1S/C11H18N4OS/c1-17-7-6-14-2-4-15(5-3-14)11(16)10-8-12-9-13-10/h8-9H,2-7H2,1H3,(H,12,13). The summed E-state index contributed by atoms with van der Waals surface area (Å²) >= 11 is 1.86. The molecule has 6 heteroatoms. The van der Waals surface area contributed by atoms with Crippen molar-refractivity contribution >= 4 is 17.7 Å². The van der Waals surface area contributed by atoms with Crippen molar-refractivity contribution < 1.29 is 4.79 Å². The second-order valence-corrected chi connectivity index (χ2v) is 5.08. The van der Waals surface area contributed by atoms with E-state index in [1.165, 1.54) is 0 Å². The summed E-state index contributed by atoms with van der Waals surface area (Å²) in [6.07, 6.45) is 5.25. The van der Waals surface area contributed by atoms with Crippen molar-refractivity contribution in [1.29, 1.82) is 0 Å². The molecule has 0 unspecified atom stereocenters. The van der Waals surface area contributed by atoms with Gasteiger partial charge in [-0.05, 0) is 6.26 Å². The molecule has 0 aromatic carbocycles. The third-order valence-electron chi connectivity index (χ3n) is 3.00. The van der Waals surface area contributed by atoms with Gasteiger partial charge in [-0.2, -0.15) is 11.8 Å². The molecule has 1 saturated heterocycles. The van der Waals surface area contributed by atoms with Crippen molar-refractivity contribution in [2.75, 3.05) is 44.7 Å². The van der Waals surface area contributed by atoms with E-state index in [1.54, 1.807) is 12.5 Å². The van der Waals surface area contributed by atoms with E-state index >= 15 is 0 Å². The van der Waals surface area contributed by atoms with Crippen LogP contribution in [0.2, 0.25) is 0 Å². The van der Waals surface area contributed by atoms with E-state index in [1.807, 2.05) is 16.7 Å². The van der Waals surface area contributed by atoms with Crippen LogP contribution < -0.4 is 0 Å². The van der Waals surface area contributed by atoms with Crippen LogP contribution in [0.4, 0.5) is 0 Å². The zero-order chi connectivity index (χ0) is 12.1. The van der Waals surface area contributed by atoms with Gasteiger partial charge in [0.2, 0.25) is 0 Å². The van der Waals surface area contributed by atoms with Crippen LogP contribution >= 0.6 is 11.8 Å². The van der Waals surface area contributed by atoms with Gasteiger partial charge in [0.05, 0.1) is 12.5 Å². The molecule has 1 fully saturated rings. The number of amides is 1. The third-order valence-corrected chi connectivity index (χ3v) is 3.59. The summed E-state index contributed by atoms with van der Waals surface area (Å²) in [5, 5.41) is 0. The lowest BCUT2D eigenvalue weighted by Crippen LogP contribution is -2.49. The third kappa shape index (κ3) is 3.23. The van der Waals surface area contributed by atoms with Crippen LogP contribution in [0.25, 0.3) is 0 Å². The van der Waals surface area contributed by atoms with Crippen LogP contribution in [0, 0.1) is 0 Å². The van der Waals surface area contributed by atoms with Crippen molar-refractivity contribution in [1.82, 2.24) is 19.8 Å². The summed E-state index contributed by atoms with van der Waals surface area (Å²) in [7, 11) is 0. The number of carbonyl (C=O) groups excluding carboxylic acids is 1. The molecule has 5 nitrogen and oxygen atoms in total. The molecule has 0 radical (unpaired) electrons. The van der Waals surface area contributed by atoms with Gasteiger partial charge < -0.3 is 9.88 Å². The molecule has 17 heavy (non-hydrogen) atoms. The van der Waals surface area contributed by atoms with Crippen LogP contribution in [0.15, 0.2) is 12.5 Å². The minimum Gasteiger partial charge on any atom is -0.341 e. The average molecular weight is 254 g/mol. The highest BCUT2D eigenvalue weighted by Gasteiger charge is 2.22. The fraction of sp³-hybridized carbons (Fsp3) is 0.636. The molecule has 0 saturated carbocycles. The van der Waals surface area contributed by atoms with E-state index < -0.39 is 0 Å². The topological polar surface area (TPSA) is 52.2 Å². The summed E-state index contributed by atoms with van der Waals surface area (Å²) in [4.78, 5) is 23.1. The van der Waals surface area contributed by atoms with E-state index in [2.05, 4.69) is 21.1 Å². The molecule has 94 valence electrons. The number of carbonyl (C=O) groups is 1. The Labute approximate surface area is 106 Å². The first-order valence-corrected chi connectivity index (χ1v) is 7.19. The molecule has 2 heterocycles. The fourth-order valence-corrected chi connectivity index (χ4v) is 2.38. The average Bonchev–Trinajstić information content (AvgIpc) is 2.90. The highest BCUT2D eigenvalue weighted by atomic mass is 32.2. The molecule has 1 aliphatic heterocycles. The maximum atomic E-state index is 12.0. The highest BCUT2D eigenvalue weighted by molar-refractivity contribution is 7.98. The molecule has 1 aliphatic rings. The Kier molecular flexibility index (Phi) is 4.44. The van der Waals surface area contributed by atoms with E-state index in [9.17, 15) is 4.79 Å². The van der Waals surface area contributed by atoms with E-state index in [0.29, 0.717) is 5.69 Å². The number of hydrogen-bond acceptors (Lipinski definition) is 4. The first kappa shape index (κ1) is 12.4. The normalized spacial score (nSPS) is 17.4. The van der Waals surface area contributed by atoms with Gasteiger partial charge in [0.25, 0.3) is 5.91 Å². The Morgan fingerprint density at radius 1 is 1.47 bits per heavy atom. The first-order chi connectivity index (χ1) is 8.31. The van der Waals surface area contributed by atoms with Crippen molar-refractivity contribution in [3.8, 4) is 0 Å². The molecule has 1 N–H and O–H groups in total. The maximum Gasteiger partial charge on any atom is 0.272 e. The predicted molar refractivity (Wildman–Crippen MR) is 69.3 cm³/mol.